The Balaban J connectivity index is 1.44. The van der Waals surface area contributed by atoms with Gasteiger partial charge >= 0.3 is 0 Å². The summed E-state index contributed by atoms with van der Waals surface area (Å²) in [5, 5.41) is 0. The highest BCUT2D eigenvalue weighted by atomic mass is 16.5. The number of hydrogen-bond donors (Lipinski definition) is 0. The van der Waals surface area contributed by atoms with E-state index in [1.807, 2.05) is 36.4 Å². The van der Waals surface area contributed by atoms with Gasteiger partial charge in [-0.1, -0.05) is 92.7 Å². The van der Waals surface area contributed by atoms with E-state index in [0.29, 0.717) is 19.1 Å². The van der Waals surface area contributed by atoms with Crippen molar-refractivity contribution in [2.24, 2.45) is 5.92 Å². The van der Waals surface area contributed by atoms with Crippen LogP contribution in [-0.2, 0) is 19.6 Å². The standard InChI is InChI=1S/C30H30O2/c1-23(2)18-28-13-6-7-17-30(28)32-22-25-12-8-14-26(19-25)27-15-9-16-29(20-27)31-21-24-10-4-3-5-11-24/h3-17,19-20,23H,18,21-22H2,1-2H3. The molecule has 0 unspecified atom stereocenters. The normalized spacial score (nSPS) is 10.8. The van der Waals surface area contributed by atoms with E-state index in [1.165, 1.54) is 5.56 Å². The minimum absolute atomic E-state index is 0.549. The molecule has 0 amide bonds. The molecule has 0 fully saturated rings. The first kappa shape index (κ1) is 21.7. The van der Waals surface area contributed by atoms with E-state index in [-0.39, 0.29) is 0 Å². The highest BCUT2D eigenvalue weighted by molar-refractivity contribution is 5.65. The maximum absolute atomic E-state index is 6.20. The predicted molar refractivity (Wildman–Crippen MR) is 132 cm³/mol. The van der Waals surface area contributed by atoms with Crippen LogP contribution < -0.4 is 9.47 Å². The monoisotopic (exact) mass is 422 g/mol. The molecule has 0 N–H and O–H groups in total. The predicted octanol–water partition coefficient (Wildman–Crippen LogP) is 7.71. The molecule has 4 aromatic rings. The molecule has 162 valence electrons. The summed E-state index contributed by atoms with van der Waals surface area (Å²) in [6.07, 6.45) is 1.02. The molecule has 4 aromatic carbocycles. The summed E-state index contributed by atoms with van der Waals surface area (Å²) < 4.78 is 12.2. The van der Waals surface area contributed by atoms with Gasteiger partial charge in [0.2, 0.25) is 0 Å². The van der Waals surface area contributed by atoms with E-state index < -0.39 is 0 Å². The van der Waals surface area contributed by atoms with Crippen molar-refractivity contribution in [3.05, 3.63) is 120 Å². The van der Waals surface area contributed by atoms with Gasteiger partial charge in [-0.05, 0) is 64.4 Å². The van der Waals surface area contributed by atoms with Crippen LogP contribution in [0.25, 0.3) is 11.1 Å². The van der Waals surface area contributed by atoms with E-state index in [0.717, 1.165) is 40.2 Å². The second-order valence-corrected chi connectivity index (χ2v) is 8.50. The van der Waals surface area contributed by atoms with E-state index in [2.05, 4.69) is 80.6 Å². The SMILES string of the molecule is CC(C)Cc1ccccc1OCc1cccc(-c2cccc(OCc3ccccc3)c2)c1. The van der Waals surface area contributed by atoms with Crippen molar-refractivity contribution in [1.29, 1.82) is 0 Å². The largest absolute Gasteiger partial charge is 0.489 e. The van der Waals surface area contributed by atoms with Crippen molar-refractivity contribution in [3.8, 4) is 22.6 Å². The lowest BCUT2D eigenvalue weighted by atomic mass is 10.0. The minimum atomic E-state index is 0.549. The minimum Gasteiger partial charge on any atom is -0.489 e. The molecule has 4 rings (SSSR count). The van der Waals surface area contributed by atoms with Gasteiger partial charge in [0.1, 0.15) is 24.7 Å². The molecular formula is C30H30O2. The average Bonchev–Trinajstić information content (AvgIpc) is 2.83. The molecule has 0 bridgehead atoms. The van der Waals surface area contributed by atoms with Crippen LogP contribution in [0, 0.1) is 5.92 Å². The quantitative estimate of drug-likeness (QED) is 0.275. The maximum Gasteiger partial charge on any atom is 0.123 e. The van der Waals surface area contributed by atoms with E-state index in [1.54, 1.807) is 0 Å². The Morgan fingerprint density at radius 2 is 1.25 bits per heavy atom. The molecule has 0 atom stereocenters. The van der Waals surface area contributed by atoms with Crippen molar-refractivity contribution in [1.82, 2.24) is 0 Å². The highest BCUT2D eigenvalue weighted by Gasteiger charge is 2.07. The number of hydrogen-bond acceptors (Lipinski definition) is 2. The third-order valence-electron chi connectivity index (χ3n) is 5.34. The topological polar surface area (TPSA) is 18.5 Å². The number of benzene rings is 4. The second kappa shape index (κ2) is 10.7. The maximum atomic E-state index is 6.20. The van der Waals surface area contributed by atoms with Gasteiger partial charge < -0.3 is 9.47 Å². The number of ether oxygens (including phenoxy) is 2. The van der Waals surface area contributed by atoms with Gasteiger partial charge in [-0.15, -0.1) is 0 Å². The van der Waals surface area contributed by atoms with Crippen LogP contribution in [0.15, 0.2) is 103 Å². The number of para-hydroxylation sites is 1. The third kappa shape index (κ3) is 6.01. The molecule has 0 heterocycles. The van der Waals surface area contributed by atoms with Crippen LogP contribution in [0.3, 0.4) is 0 Å². The van der Waals surface area contributed by atoms with E-state index >= 15 is 0 Å². The van der Waals surface area contributed by atoms with Gasteiger partial charge in [-0.3, -0.25) is 0 Å². The molecular weight excluding hydrogens is 392 g/mol. The molecule has 0 aliphatic carbocycles. The summed E-state index contributed by atoms with van der Waals surface area (Å²) in [6.45, 7) is 5.58. The summed E-state index contributed by atoms with van der Waals surface area (Å²) in [5.74, 6) is 2.44. The first-order valence-electron chi connectivity index (χ1n) is 11.2. The molecule has 0 aliphatic heterocycles. The number of rotatable bonds is 9. The van der Waals surface area contributed by atoms with Gasteiger partial charge in [-0.25, -0.2) is 0 Å². The first-order chi connectivity index (χ1) is 15.7. The van der Waals surface area contributed by atoms with Gasteiger partial charge in [0.25, 0.3) is 0 Å². The average molecular weight is 423 g/mol. The van der Waals surface area contributed by atoms with Crippen molar-refractivity contribution in [2.45, 2.75) is 33.5 Å². The summed E-state index contributed by atoms with van der Waals surface area (Å²) in [5.41, 5.74) is 5.87. The fourth-order valence-corrected chi connectivity index (χ4v) is 3.76. The first-order valence-corrected chi connectivity index (χ1v) is 11.2. The molecule has 32 heavy (non-hydrogen) atoms. The fraction of sp³-hybridized carbons (Fsp3) is 0.200. The smallest absolute Gasteiger partial charge is 0.123 e. The van der Waals surface area contributed by atoms with E-state index in [4.69, 9.17) is 9.47 Å². The lowest BCUT2D eigenvalue weighted by Crippen LogP contribution is -2.01. The third-order valence-corrected chi connectivity index (χ3v) is 5.34. The lowest BCUT2D eigenvalue weighted by Gasteiger charge is -2.14. The molecule has 0 saturated heterocycles. The molecule has 2 nitrogen and oxygen atoms in total. The molecule has 0 aromatic heterocycles. The summed E-state index contributed by atoms with van der Waals surface area (Å²) >= 11 is 0. The molecule has 2 heteroatoms. The Hall–Kier alpha value is -3.52. The Morgan fingerprint density at radius 1 is 0.594 bits per heavy atom. The van der Waals surface area contributed by atoms with E-state index in [9.17, 15) is 0 Å². The van der Waals surface area contributed by atoms with Crippen LogP contribution in [0.5, 0.6) is 11.5 Å². The zero-order valence-electron chi connectivity index (χ0n) is 18.8. The zero-order chi connectivity index (χ0) is 22.2. The van der Waals surface area contributed by atoms with Crippen molar-refractivity contribution >= 4 is 0 Å². The Labute approximate surface area is 191 Å². The van der Waals surface area contributed by atoms with Crippen molar-refractivity contribution in [2.75, 3.05) is 0 Å². The van der Waals surface area contributed by atoms with Crippen molar-refractivity contribution < 1.29 is 9.47 Å². The fourth-order valence-electron chi connectivity index (χ4n) is 3.76. The molecule has 0 radical (unpaired) electrons. The van der Waals surface area contributed by atoms with Crippen LogP contribution in [-0.4, -0.2) is 0 Å². The van der Waals surface area contributed by atoms with Gasteiger partial charge in [-0.2, -0.15) is 0 Å². The molecule has 0 saturated carbocycles. The van der Waals surface area contributed by atoms with Gasteiger partial charge in [0.15, 0.2) is 0 Å². The zero-order valence-corrected chi connectivity index (χ0v) is 18.8. The van der Waals surface area contributed by atoms with Crippen LogP contribution in [0.4, 0.5) is 0 Å². The Bertz CT molecular complexity index is 1130. The van der Waals surface area contributed by atoms with Gasteiger partial charge in [0.05, 0.1) is 0 Å². The summed E-state index contributed by atoms with van der Waals surface area (Å²) in [4.78, 5) is 0. The van der Waals surface area contributed by atoms with Crippen LogP contribution in [0.2, 0.25) is 0 Å². The second-order valence-electron chi connectivity index (χ2n) is 8.50. The molecule has 0 spiro atoms. The van der Waals surface area contributed by atoms with Gasteiger partial charge in [0, 0.05) is 0 Å². The summed E-state index contributed by atoms with van der Waals surface area (Å²) in [7, 11) is 0. The molecule has 0 aliphatic rings. The van der Waals surface area contributed by atoms with Crippen LogP contribution in [0.1, 0.15) is 30.5 Å². The Kier molecular flexibility index (Phi) is 7.24. The lowest BCUT2D eigenvalue weighted by molar-refractivity contribution is 0.302. The summed E-state index contributed by atoms with van der Waals surface area (Å²) in [6, 6.07) is 35.4. The van der Waals surface area contributed by atoms with Crippen LogP contribution >= 0.6 is 0 Å². The van der Waals surface area contributed by atoms with Crippen molar-refractivity contribution in [3.63, 3.8) is 0 Å². The highest BCUT2D eigenvalue weighted by Crippen LogP contribution is 2.27. The Morgan fingerprint density at radius 3 is 2.06 bits per heavy atom.